The molecule has 0 aliphatic carbocycles. The van der Waals surface area contributed by atoms with Gasteiger partial charge >= 0.3 is 0 Å². The number of aromatic nitrogens is 1. The summed E-state index contributed by atoms with van der Waals surface area (Å²) in [5.74, 6) is 1.01. The second-order valence-electron chi connectivity index (χ2n) is 7.08. The number of carbonyl (C=O) groups excluding carboxylic acids is 1. The Bertz CT molecular complexity index is 775. The molecule has 1 aromatic carbocycles. The van der Waals surface area contributed by atoms with E-state index in [1.54, 1.807) is 6.20 Å². The molecule has 0 radical (unpaired) electrons. The Balaban J connectivity index is 1.64. The molecule has 0 atom stereocenters. The number of hydrogen-bond donors (Lipinski definition) is 0. The Morgan fingerprint density at radius 1 is 1.04 bits per heavy atom. The zero-order valence-electron chi connectivity index (χ0n) is 16.9. The maximum Gasteiger partial charge on any atom is 0.255 e. The minimum absolute atomic E-state index is 0.0780. The van der Waals surface area contributed by atoms with Gasteiger partial charge in [-0.15, -0.1) is 0 Å². The van der Waals surface area contributed by atoms with E-state index in [1.165, 1.54) is 16.8 Å². The third-order valence-corrected chi connectivity index (χ3v) is 5.57. The summed E-state index contributed by atoms with van der Waals surface area (Å²) in [7, 11) is 0. The van der Waals surface area contributed by atoms with Crippen molar-refractivity contribution in [2.45, 2.75) is 27.7 Å². The van der Waals surface area contributed by atoms with E-state index in [2.05, 4.69) is 60.7 Å². The number of amides is 1. The Morgan fingerprint density at radius 3 is 2.33 bits per heavy atom. The third kappa shape index (κ3) is 4.07. The highest BCUT2D eigenvalue weighted by molar-refractivity contribution is 5.94. The molecule has 2 heterocycles. The molecule has 2 aromatic rings. The Morgan fingerprint density at radius 2 is 1.74 bits per heavy atom. The molecule has 5 nitrogen and oxygen atoms in total. The summed E-state index contributed by atoms with van der Waals surface area (Å²) >= 11 is 0. The zero-order valence-corrected chi connectivity index (χ0v) is 16.9. The first-order valence-corrected chi connectivity index (χ1v) is 9.86. The standard InChI is InChI=1S/C22H30N4O/c1-5-24(6-2)21-11-10-19(16-23-21)22(27)26-14-12-25(13-15-26)20-9-7-8-17(3)18(20)4/h7-11,16H,5-6,12-15H2,1-4H3. The van der Waals surface area contributed by atoms with Gasteiger partial charge < -0.3 is 14.7 Å². The van der Waals surface area contributed by atoms with Gasteiger partial charge in [0.25, 0.3) is 5.91 Å². The summed E-state index contributed by atoms with van der Waals surface area (Å²) in [6.07, 6.45) is 1.72. The molecule has 0 unspecified atom stereocenters. The van der Waals surface area contributed by atoms with E-state index < -0.39 is 0 Å². The number of pyridine rings is 1. The third-order valence-electron chi connectivity index (χ3n) is 5.57. The summed E-state index contributed by atoms with van der Waals surface area (Å²) < 4.78 is 0. The number of piperazine rings is 1. The summed E-state index contributed by atoms with van der Waals surface area (Å²) in [4.78, 5) is 23.8. The molecule has 1 aromatic heterocycles. The maximum atomic E-state index is 12.8. The number of anilines is 2. The van der Waals surface area contributed by atoms with Crippen molar-refractivity contribution in [3.8, 4) is 0 Å². The Kier molecular flexibility index (Phi) is 5.99. The number of carbonyl (C=O) groups is 1. The molecule has 1 amide bonds. The van der Waals surface area contributed by atoms with Crippen LogP contribution in [0, 0.1) is 13.8 Å². The van der Waals surface area contributed by atoms with E-state index in [0.29, 0.717) is 5.56 Å². The van der Waals surface area contributed by atoms with Gasteiger partial charge in [0.05, 0.1) is 5.56 Å². The molecule has 1 saturated heterocycles. The average Bonchev–Trinajstić information content (AvgIpc) is 2.71. The maximum absolute atomic E-state index is 12.8. The van der Waals surface area contributed by atoms with Crippen LogP contribution < -0.4 is 9.80 Å². The summed E-state index contributed by atoms with van der Waals surface area (Å²) in [6, 6.07) is 10.3. The van der Waals surface area contributed by atoms with Crippen molar-refractivity contribution < 1.29 is 4.79 Å². The van der Waals surface area contributed by atoms with Gasteiger partial charge in [-0.3, -0.25) is 4.79 Å². The highest BCUT2D eigenvalue weighted by Crippen LogP contribution is 2.24. The van der Waals surface area contributed by atoms with Gasteiger partial charge in [-0.2, -0.15) is 0 Å². The highest BCUT2D eigenvalue weighted by atomic mass is 16.2. The summed E-state index contributed by atoms with van der Waals surface area (Å²) in [5, 5.41) is 0. The second kappa shape index (κ2) is 8.42. The molecule has 0 bridgehead atoms. The van der Waals surface area contributed by atoms with Crippen LogP contribution in [0.2, 0.25) is 0 Å². The Hall–Kier alpha value is -2.56. The lowest BCUT2D eigenvalue weighted by Gasteiger charge is -2.37. The monoisotopic (exact) mass is 366 g/mol. The van der Waals surface area contributed by atoms with Crippen molar-refractivity contribution in [3.05, 3.63) is 53.2 Å². The number of nitrogens with zero attached hydrogens (tertiary/aromatic N) is 4. The lowest BCUT2D eigenvalue weighted by atomic mass is 10.1. The van der Waals surface area contributed by atoms with E-state index in [1.807, 2.05) is 17.0 Å². The molecule has 3 rings (SSSR count). The summed E-state index contributed by atoms with van der Waals surface area (Å²) in [6.45, 7) is 13.6. The molecule has 5 heteroatoms. The second-order valence-corrected chi connectivity index (χ2v) is 7.08. The molecular formula is C22H30N4O. The number of benzene rings is 1. The molecule has 1 aliphatic heterocycles. The van der Waals surface area contributed by atoms with Crippen molar-refractivity contribution in [3.63, 3.8) is 0 Å². The molecule has 27 heavy (non-hydrogen) atoms. The zero-order chi connectivity index (χ0) is 19.4. The van der Waals surface area contributed by atoms with Gasteiger partial charge in [0.1, 0.15) is 5.82 Å². The number of rotatable bonds is 5. The Labute approximate surface area is 162 Å². The molecular weight excluding hydrogens is 336 g/mol. The smallest absolute Gasteiger partial charge is 0.255 e. The van der Waals surface area contributed by atoms with Gasteiger partial charge in [-0.05, 0) is 57.0 Å². The quantitative estimate of drug-likeness (QED) is 0.812. The first-order valence-electron chi connectivity index (χ1n) is 9.86. The minimum atomic E-state index is 0.0780. The van der Waals surface area contributed by atoms with E-state index >= 15 is 0 Å². The average molecular weight is 367 g/mol. The van der Waals surface area contributed by atoms with Crippen molar-refractivity contribution in [2.24, 2.45) is 0 Å². The fraction of sp³-hybridized carbons (Fsp3) is 0.455. The van der Waals surface area contributed by atoms with Crippen molar-refractivity contribution in [2.75, 3.05) is 49.1 Å². The normalized spacial score (nSPS) is 14.4. The fourth-order valence-corrected chi connectivity index (χ4v) is 3.66. The lowest BCUT2D eigenvalue weighted by Crippen LogP contribution is -2.49. The van der Waals surface area contributed by atoms with Crippen LogP contribution in [0.3, 0.4) is 0 Å². The van der Waals surface area contributed by atoms with Crippen LogP contribution in [0.1, 0.15) is 35.3 Å². The van der Waals surface area contributed by atoms with Gasteiger partial charge in [0.2, 0.25) is 0 Å². The van der Waals surface area contributed by atoms with Gasteiger partial charge in [-0.1, -0.05) is 12.1 Å². The predicted molar refractivity (Wildman–Crippen MR) is 112 cm³/mol. The van der Waals surface area contributed by atoms with E-state index in [-0.39, 0.29) is 5.91 Å². The molecule has 1 aliphatic rings. The SMILES string of the molecule is CCN(CC)c1ccc(C(=O)N2CCN(c3cccc(C)c3C)CC2)cn1. The van der Waals surface area contributed by atoms with Crippen LogP contribution in [0.5, 0.6) is 0 Å². The number of aryl methyl sites for hydroxylation is 1. The van der Waals surface area contributed by atoms with E-state index in [0.717, 1.165) is 45.1 Å². The van der Waals surface area contributed by atoms with Crippen LogP contribution in [0.15, 0.2) is 36.5 Å². The first-order chi connectivity index (χ1) is 13.0. The highest BCUT2D eigenvalue weighted by Gasteiger charge is 2.23. The van der Waals surface area contributed by atoms with E-state index in [9.17, 15) is 4.79 Å². The van der Waals surface area contributed by atoms with Crippen molar-refractivity contribution >= 4 is 17.4 Å². The molecule has 144 valence electrons. The van der Waals surface area contributed by atoms with Crippen molar-refractivity contribution in [1.29, 1.82) is 0 Å². The lowest BCUT2D eigenvalue weighted by molar-refractivity contribution is 0.0746. The van der Waals surface area contributed by atoms with Crippen LogP contribution in [0.4, 0.5) is 11.5 Å². The van der Waals surface area contributed by atoms with Crippen LogP contribution in [0.25, 0.3) is 0 Å². The van der Waals surface area contributed by atoms with Crippen molar-refractivity contribution in [1.82, 2.24) is 9.88 Å². The van der Waals surface area contributed by atoms with Crippen LogP contribution in [-0.4, -0.2) is 55.1 Å². The first kappa shape index (κ1) is 19.2. The fourth-order valence-electron chi connectivity index (χ4n) is 3.66. The summed E-state index contributed by atoms with van der Waals surface area (Å²) in [5.41, 5.74) is 4.59. The topological polar surface area (TPSA) is 39.7 Å². The minimum Gasteiger partial charge on any atom is -0.368 e. The molecule has 0 saturated carbocycles. The van der Waals surface area contributed by atoms with Gasteiger partial charge in [-0.25, -0.2) is 4.98 Å². The van der Waals surface area contributed by atoms with Crippen LogP contribution in [-0.2, 0) is 0 Å². The van der Waals surface area contributed by atoms with Crippen LogP contribution >= 0.6 is 0 Å². The largest absolute Gasteiger partial charge is 0.368 e. The molecule has 0 spiro atoms. The predicted octanol–water partition coefficient (Wildman–Crippen LogP) is 3.51. The number of hydrogen-bond acceptors (Lipinski definition) is 4. The molecule has 1 fully saturated rings. The van der Waals surface area contributed by atoms with Gasteiger partial charge in [0, 0.05) is 51.2 Å². The molecule has 0 N–H and O–H groups in total. The van der Waals surface area contributed by atoms with E-state index in [4.69, 9.17) is 0 Å². The van der Waals surface area contributed by atoms with Gasteiger partial charge in [0.15, 0.2) is 0 Å².